The summed E-state index contributed by atoms with van der Waals surface area (Å²) in [6.07, 6.45) is 35.5. The van der Waals surface area contributed by atoms with Gasteiger partial charge >= 0.3 is 11.9 Å². The molecule has 6 heteroatoms. The first kappa shape index (κ1) is 47.0. The topological polar surface area (TPSA) is 69.7 Å². The van der Waals surface area contributed by atoms with E-state index in [2.05, 4.69) is 20.8 Å². The van der Waals surface area contributed by atoms with E-state index < -0.39 is 0 Å². The van der Waals surface area contributed by atoms with Crippen LogP contribution >= 0.6 is 11.8 Å². The van der Waals surface area contributed by atoms with Gasteiger partial charge in [-0.05, 0) is 75.9 Å². The maximum atomic E-state index is 12.8. The van der Waals surface area contributed by atoms with Crippen LogP contribution in [0.5, 0.6) is 0 Å². The van der Waals surface area contributed by atoms with Gasteiger partial charge in [-0.15, -0.1) is 0 Å². The van der Waals surface area contributed by atoms with E-state index in [-0.39, 0.29) is 24.0 Å². The third-order valence-corrected chi connectivity index (χ3v) is 11.9. The van der Waals surface area contributed by atoms with E-state index in [9.17, 15) is 14.4 Å². The summed E-state index contributed by atoms with van der Waals surface area (Å²) in [5.41, 5.74) is 0. The molecule has 0 aromatic rings. The number of thioether (sulfide) groups is 1. The fourth-order valence-electron chi connectivity index (χ4n) is 7.32. The first-order chi connectivity index (χ1) is 24.5. The van der Waals surface area contributed by atoms with Crippen LogP contribution in [0.4, 0.5) is 0 Å². The Morgan fingerprint density at radius 2 is 1.14 bits per heavy atom. The fraction of sp³-hybridized carbons (Fsp3) is 0.932. The van der Waals surface area contributed by atoms with E-state index in [1.165, 1.54) is 103 Å². The molecule has 1 saturated carbocycles. The number of hydrogen-bond acceptors (Lipinski definition) is 6. The van der Waals surface area contributed by atoms with Gasteiger partial charge in [-0.3, -0.25) is 14.4 Å². The fourth-order valence-corrected chi connectivity index (χ4v) is 8.39. The van der Waals surface area contributed by atoms with Crippen molar-refractivity contribution in [1.29, 1.82) is 0 Å². The van der Waals surface area contributed by atoms with Crippen LogP contribution in [0.2, 0.25) is 0 Å². The molecular formula is C44H82O5S. The van der Waals surface area contributed by atoms with E-state index in [0.29, 0.717) is 31.7 Å². The quantitative estimate of drug-likeness (QED) is 0.0474. The Balaban J connectivity index is 2.14. The van der Waals surface area contributed by atoms with Crippen LogP contribution in [0.3, 0.4) is 0 Å². The lowest BCUT2D eigenvalue weighted by molar-refractivity contribution is -0.150. The number of carbonyl (C=O) groups excluding carboxylic acids is 3. The summed E-state index contributed by atoms with van der Waals surface area (Å²) < 4.78 is 11.7. The Morgan fingerprint density at radius 1 is 0.600 bits per heavy atom. The molecule has 2 unspecified atom stereocenters. The van der Waals surface area contributed by atoms with E-state index in [0.717, 1.165) is 101 Å². The largest absolute Gasteiger partial charge is 0.465 e. The second-order valence-electron chi connectivity index (χ2n) is 15.5. The van der Waals surface area contributed by atoms with Crippen LogP contribution in [0.15, 0.2) is 0 Å². The van der Waals surface area contributed by atoms with Crippen LogP contribution in [-0.2, 0) is 23.9 Å². The van der Waals surface area contributed by atoms with E-state index in [4.69, 9.17) is 9.47 Å². The summed E-state index contributed by atoms with van der Waals surface area (Å²) in [6, 6.07) is 0. The normalized spacial score (nSPS) is 14.8. The minimum absolute atomic E-state index is 0.0109. The van der Waals surface area contributed by atoms with Gasteiger partial charge in [-0.25, -0.2) is 0 Å². The van der Waals surface area contributed by atoms with Crippen molar-refractivity contribution in [2.75, 3.05) is 18.1 Å². The summed E-state index contributed by atoms with van der Waals surface area (Å²) in [5, 5.41) is 0. The van der Waals surface area contributed by atoms with Crippen molar-refractivity contribution in [3.05, 3.63) is 0 Å². The van der Waals surface area contributed by atoms with Crippen molar-refractivity contribution in [3.63, 3.8) is 0 Å². The van der Waals surface area contributed by atoms with Gasteiger partial charge < -0.3 is 9.47 Å². The molecule has 0 heterocycles. The molecule has 0 aliphatic heterocycles. The molecule has 0 aromatic heterocycles. The molecule has 2 atom stereocenters. The number of hydrogen-bond donors (Lipinski definition) is 0. The number of Topliss-reactive ketones (excluding diaryl/α,β-unsaturated/α-hetero) is 1. The molecule has 1 rings (SSSR count). The third-order valence-electron chi connectivity index (χ3n) is 10.7. The Kier molecular flexibility index (Phi) is 32.9. The van der Waals surface area contributed by atoms with Gasteiger partial charge in [0.05, 0.1) is 12.5 Å². The van der Waals surface area contributed by atoms with Crippen LogP contribution in [-0.4, -0.2) is 41.9 Å². The van der Waals surface area contributed by atoms with Gasteiger partial charge in [0.15, 0.2) is 0 Å². The Hall–Kier alpha value is -1.04. The lowest BCUT2D eigenvalue weighted by Crippen LogP contribution is -2.21. The predicted molar refractivity (Wildman–Crippen MR) is 215 cm³/mol. The van der Waals surface area contributed by atoms with Crippen LogP contribution in [0.25, 0.3) is 0 Å². The van der Waals surface area contributed by atoms with E-state index in [1.54, 1.807) is 0 Å². The molecule has 0 amide bonds. The molecule has 5 nitrogen and oxygen atoms in total. The molecule has 0 aromatic carbocycles. The first-order valence-corrected chi connectivity index (χ1v) is 23.1. The number of esters is 2. The van der Waals surface area contributed by atoms with Gasteiger partial charge in [0, 0.05) is 25.0 Å². The average Bonchev–Trinajstić information content (AvgIpc) is 3.12. The second kappa shape index (κ2) is 35.0. The monoisotopic (exact) mass is 723 g/mol. The molecule has 0 spiro atoms. The Labute approximate surface area is 314 Å². The number of ether oxygens (including phenoxy) is 2. The predicted octanol–water partition coefficient (Wildman–Crippen LogP) is 13.5. The van der Waals surface area contributed by atoms with E-state index >= 15 is 0 Å². The summed E-state index contributed by atoms with van der Waals surface area (Å²) in [5.74, 6) is 3.14. The Bertz CT molecular complexity index is 795. The minimum atomic E-state index is 0.0109. The summed E-state index contributed by atoms with van der Waals surface area (Å²) >= 11 is 1.91. The molecule has 294 valence electrons. The zero-order valence-corrected chi connectivity index (χ0v) is 34.2. The lowest BCUT2D eigenvalue weighted by atomic mass is 9.86. The van der Waals surface area contributed by atoms with Crippen LogP contribution in [0, 0.1) is 11.8 Å². The first-order valence-electron chi connectivity index (χ1n) is 22.0. The minimum Gasteiger partial charge on any atom is -0.465 e. The number of rotatable bonds is 36. The van der Waals surface area contributed by atoms with Gasteiger partial charge in [0.1, 0.15) is 11.9 Å². The average molecular weight is 723 g/mol. The molecule has 0 N–H and O–H groups in total. The van der Waals surface area contributed by atoms with Crippen molar-refractivity contribution < 1.29 is 23.9 Å². The SMILES string of the molecule is CCCCCCCCC(CCCCCC)C(=O)OCCCCCC(=O)CCCCCSCC(CCCCCC)OC(=O)CCC1CCCCC1. The Morgan fingerprint density at radius 3 is 1.78 bits per heavy atom. The highest BCUT2D eigenvalue weighted by atomic mass is 32.2. The maximum absolute atomic E-state index is 12.8. The summed E-state index contributed by atoms with van der Waals surface area (Å²) in [6.45, 7) is 7.20. The zero-order valence-electron chi connectivity index (χ0n) is 33.4. The summed E-state index contributed by atoms with van der Waals surface area (Å²) in [7, 11) is 0. The molecule has 1 aliphatic carbocycles. The van der Waals surface area contributed by atoms with Gasteiger partial charge in [0.2, 0.25) is 0 Å². The van der Waals surface area contributed by atoms with Crippen LogP contribution < -0.4 is 0 Å². The zero-order chi connectivity index (χ0) is 36.3. The molecule has 0 radical (unpaired) electrons. The van der Waals surface area contributed by atoms with Gasteiger partial charge in [0.25, 0.3) is 0 Å². The van der Waals surface area contributed by atoms with Crippen molar-refractivity contribution in [2.24, 2.45) is 11.8 Å². The van der Waals surface area contributed by atoms with Gasteiger partial charge in [-0.1, -0.05) is 143 Å². The highest BCUT2D eigenvalue weighted by molar-refractivity contribution is 7.99. The smallest absolute Gasteiger partial charge is 0.308 e. The molecule has 0 bridgehead atoms. The third kappa shape index (κ3) is 28.5. The molecule has 50 heavy (non-hydrogen) atoms. The maximum Gasteiger partial charge on any atom is 0.308 e. The molecular weight excluding hydrogens is 641 g/mol. The number of carbonyl (C=O) groups is 3. The van der Waals surface area contributed by atoms with Crippen molar-refractivity contribution >= 4 is 29.5 Å². The molecule has 1 fully saturated rings. The highest BCUT2D eigenvalue weighted by Gasteiger charge is 2.20. The highest BCUT2D eigenvalue weighted by Crippen LogP contribution is 2.28. The van der Waals surface area contributed by atoms with Crippen molar-refractivity contribution in [3.8, 4) is 0 Å². The molecule has 1 aliphatic rings. The molecule has 0 saturated heterocycles. The van der Waals surface area contributed by atoms with Gasteiger partial charge in [-0.2, -0.15) is 11.8 Å². The number of unbranched alkanes of at least 4 members (excludes halogenated alkanes) is 15. The summed E-state index contributed by atoms with van der Waals surface area (Å²) in [4.78, 5) is 37.9. The van der Waals surface area contributed by atoms with Crippen molar-refractivity contribution in [2.45, 2.75) is 232 Å². The van der Waals surface area contributed by atoms with E-state index in [1.807, 2.05) is 11.8 Å². The van der Waals surface area contributed by atoms with Crippen LogP contribution in [0.1, 0.15) is 226 Å². The standard InChI is InChI=1S/C44H82O5S/c1-4-7-10-13-14-21-30-40(29-20-11-8-5-2)44(47)48-36-25-16-22-31-41(45)32-23-17-26-37-50-38-42(33-24-12-9-6-3)49-43(46)35-34-39-27-18-15-19-28-39/h39-40,42H,4-38H2,1-3H3. The van der Waals surface area contributed by atoms with Crippen molar-refractivity contribution in [1.82, 2.24) is 0 Å². The lowest BCUT2D eigenvalue weighted by Gasteiger charge is -2.22. The second-order valence-corrected chi connectivity index (χ2v) is 16.7. The number of ketones is 1.